The summed E-state index contributed by atoms with van der Waals surface area (Å²) in [5, 5.41) is 3.34. The maximum Gasteiger partial charge on any atom is 0.289 e. The lowest BCUT2D eigenvalue weighted by molar-refractivity contribution is 0.0693. The SMILES string of the molecule is CCN(CC1CCNCC1)C(=O)c1ccc(Br)o1. The van der Waals surface area contributed by atoms with E-state index in [1.54, 1.807) is 12.1 Å². The minimum absolute atomic E-state index is 0.0123. The van der Waals surface area contributed by atoms with E-state index in [0.29, 0.717) is 16.3 Å². The molecule has 2 heterocycles. The topological polar surface area (TPSA) is 45.5 Å². The maximum absolute atomic E-state index is 12.3. The minimum atomic E-state index is -0.0123. The average Bonchev–Trinajstić information content (AvgIpc) is 2.83. The Bertz CT molecular complexity index is 399. The zero-order chi connectivity index (χ0) is 13.0. The number of carbonyl (C=O) groups excluding carboxylic acids is 1. The first-order valence-corrected chi connectivity index (χ1v) is 7.25. The highest BCUT2D eigenvalue weighted by atomic mass is 79.9. The summed E-state index contributed by atoms with van der Waals surface area (Å²) in [7, 11) is 0. The molecule has 18 heavy (non-hydrogen) atoms. The van der Waals surface area contributed by atoms with Gasteiger partial charge in [0.2, 0.25) is 0 Å². The summed E-state index contributed by atoms with van der Waals surface area (Å²) in [5.41, 5.74) is 0. The Hall–Kier alpha value is -0.810. The second kappa shape index (κ2) is 6.38. The molecule has 0 spiro atoms. The van der Waals surface area contributed by atoms with Crippen LogP contribution in [0.4, 0.5) is 0 Å². The van der Waals surface area contributed by atoms with Crippen molar-refractivity contribution in [2.75, 3.05) is 26.2 Å². The molecular formula is C13H19BrN2O2. The molecule has 0 saturated carbocycles. The molecule has 0 aliphatic carbocycles. The quantitative estimate of drug-likeness (QED) is 0.928. The summed E-state index contributed by atoms with van der Waals surface area (Å²) < 4.78 is 5.93. The van der Waals surface area contributed by atoms with Crippen molar-refractivity contribution in [1.29, 1.82) is 0 Å². The van der Waals surface area contributed by atoms with Crippen molar-refractivity contribution < 1.29 is 9.21 Å². The second-order valence-corrected chi connectivity index (χ2v) is 5.42. The second-order valence-electron chi connectivity index (χ2n) is 4.64. The number of nitrogens with zero attached hydrogens (tertiary/aromatic N) is 1. The van der Waals surface area contributed by atoms with E-state index in [-0.39, 0.29) is 5.91 Å². The third-order valence-corrected chi connectivity index (χ3v) is 3.82. The van der Waals surface area contributed by atoms with E-state index >= 15 is 0 Å². The molecule has 100 valence electrons. The van der Waals surface area contributed by atoms with Crippen LogP contribution in [0.15, 0.2) is 21.2 Å². The molecule has 0 atom stereocenters. The number of amides is 1. The average molecular weight is 315 g/mol. The monoisotopic (exact) mass is 314 g/mol. The van der Waals surface area contributed by atoms with Crippen LogP contribution >= 0.6 is 15.9 Å². The molecule has 1 aliphatic heterocycles. The number of hydrogen-bond donors (Lipinski definition) is 1. The fraction of sp³-hybridized carbons (Fsp3) is 0.615. The fourth-order valence-corrected chi connectivity index (χ4v) is 2.62. The van der Waals surface area contributed by atoms with Crippen molar-refractivity contribution in [3.05, 3.63) is 22.6 Å². The predicted molar refractivity (Wildman–Crippen MR) is 73.6 cm³/mol. The van der Waals surface area contributed by atoms with Gasteiger partial charge in [0.15, 0.2) is 10.4 Å². The number of carbonyl (C=O) groups is 1. The summed E-state index contributed by atoms with van der Waals surface area (Å²) in [4.78, 5) is 14.1. The van der Waals surface area contributed by atoms with Crippen LogP contribution in [0.5, 0.6) is 0 Å². The van der Waals surface area contributed by atoms with Gasteiger partial charge in [0.05, 0.1) is 0 Å². The molecule has 1 aromatic heterocycles. The summed E-state index contributed by atoms with van der Waals surface area (Å²) in [6.07, 6.45) is 2.29. The normalized spacial score (nSPS) is 16.8. The Morgan fingerprint density at radius 3 is 2.78 bits per heavy atom. The number of halogens is 1. The van der Waals surface area contributed by atoms with Crippen LogP contribution in [0.3, 0.4) is 0 Å². The van der Waals surface area contributed by atoms with Gasteiger partial charge in [0, 0.05) is 13.1 Å². The van der Waals surface area contributed by atoms with Gasteiger partial charge in [0.1, 0.15) is 0 Å². The lowest BCUT2D eigenvalue weighted by atomic mass is 9.97. The van der Waals surface area contributed by atoms with Crippen LogP contribution < -0.4 is 5.32 Å². The summed E-state index contributed by atoms with van der Waals surface area (Å²) in [5.74, 6) is 1.01. The Morgan fingerprint density at radius 1 is 1.50 bits per heavy atom. The van der Waals surface area contributed by atoms with Crippen molar-refractivity contribution in [2.24, 2.45) is 5.92 Å². The van der Waals surface area contributed by atoms with Gasteiger partial charge in [-0.15, -0.1) is 0 Å². The maximum atomic E-state index is 12.3. The first kappa shape index (κ1) is 13.6. The van der Waals surface area contributed by atoms with E-state index in [9.17, 15) is 4.79 Å². The van der Waals surface area contributed by atoms with Crippen molar-refractivity contribution >= 4 is 21.8 Å². The largest absolute Gasteiger partial charge is 0.444 e. The number of hydrogen-bond acceptors (Lipinski definition) is 3. The zero-order valence-electron chi connectivity index (χ0n) is 10.6. The lowest BCUT2D eigenvalue weighted by Crippen LogP contribution is -2.39. The standard InChI is InChI=1S/C13H19BrN2O2/c1-2-16(9-10-5-7-15-8-6-10)13(17)11-3-4-12(14)18-11/h3-4,10,15H,2,5-9H2,1H3. The minimum Gasteiger partial charge on any atom is -0.444 e. The van der Waals surface area contributed by atoms with Gasteiger partial charge in [0.25, 0.3) is 5.91 Å². The van der Waals surface area contributed by atoms with E-state index in [1.807, 2.05) is 11.8 Å². The molecule has 1 saturated heterocycles. The summed E-state index contributed by atoms with van der Waals surface area (Å²) in [6, 6.07) is 3.48. The van der Waals surface area contributed by atoms with E-state index < -0.39 is 0 Å². The van der Waals surface area contributed by atoms with Crippen LogP contribution in [-0.2, 0) is 0 Å². The van der Waals surface area contributed by atoms with Gasteiger partial charge in [-0.05, 0) is 66.8 Å². The summed E-state index contributed by atoms with van der Waals surface area (Å²) in [6.45, 7) is 5.68. The number of furan rings is 1. The molecule has 0 unspecified atom stereocenters. The predicted octanol–water partition coefficient (Wildman–Crippen LogP) is 2.50. The van der Waals surface area contributed by atoms with Gasteiger partial charge in [-0.2, -0.15) is 0 Å². The Kier molecular flexibility index (Phi) is 4.83. The molecular weight excluding hydrogens is 296 g/mol. The third-order valence-electron chi connectivity index (χ3n) is 3.39. The fourth-order valence-electron chi connectivity index (χ4n) is 2.32. The Balaban J connectivity index is 1.97. The van der Waals surface area contributed by atoms with E-state index in [1.165, 1.54) is 0 Å². The molecule has 1 aromatic rings. The van der Waals surface area contributed by atoms with E-state index in [0.717, 1.165) is 39.0 Å². The molecule has 0 radical (unpaired) electrons. The number of rotatable bonds is 4. The van der Waals surface area contributed by atoms with Crippen LogP contribution in [0, 0.1) is 5.92 Å². The van der Waals surface area contributed by atoms with Crippen LogP contribution in [0.25, 0.3) is 0 Å². The van der Waals surface area contributed by atoms with Crippen LogP contribution in [0.1, 0.15) is 30.3 Å². The molecule has 5 heteroatoms. The highest BCUT2D eigenvalue weighted by Gasteiger charge is 2.22. The molecule has 1 N–H and O–H groups in total. The summed E-state index contributed by atoms with van der Waals surface area (Å²) >= 11 is 3.22. The molecule has 4 nitrogen and oxygen atoms in total. The Labute approximate surface area is 116 Å². The van der Waals surface area contributed by atoms with Gasteiger partial charge in [-0.1, -0.05) is 0 Å². The molecule has 0 bridgehead atoms. The molecule has 1 amide bonds. The highest BCUT2D eigenvalue weighted by molar-refractivity contribution is 9.10. The van der Waals surface area contributed by atoms with Crippen molar-refractivity contribution in [1.82, 2.24) is 10.2 Å². The van der Waals surface area contributed by atoms with Gasteiger partial charge in [-0.3, -0.25) is 4.79 Å². The first-order chi connectivity index (χ1) is 8.70. The number of nitrogens with one attached hydrogen (secondary N) is 1. The van der Waals surface area contributed by atoms with Crippen molar-refractivity contribution in [2.45, 2.75) is 19.8 Å². The smallest absolute Gasteiger partial charge is 0.289 e. The van der Waals surface area contributed by atoms with E-state index in [4.69, 9.17) is 4.42 Å². The van der Waals surface area contributed by atoms with Crippen molar-refractivity contribution in [3.63, 3.8) is 0 Å². The van der Waals surface area contributed by atoms with E-state index in [2.05, 4.69) is 21.2 Å². The lowest BCUT2D eigenvalue weighted by Gasteiger charge is -2.28. The van der Waals surface area contributed by atoms with Crippen LogP contribution in [0.2, 0.25) is 0 Å². The number of piperidine rings is 1. The molecule has 1 fully saturated rings. The zero-order valence-corrected chi connectivity index (χ0v) is 12.2. The molecule has 0 aromatic carbocycles. The van der Waals surface area contributed by atoms with Crippen LogP contribution in [-0.4, -0.2) is 37.0 Å². The Morgan fingerprint density at radius 2 is 2.22 bits per heavy atom. The molecule has 2 rings (SSSR count). The molecule has 1 aliphatic rings. The first-order valence-electron chi connectivity index (χ1n) is 6.46. The van der Waals surface area contributed by atoms with Gasteiger partial charge < -0.3 is 14.6 Å². The van der Waals surface area contributed by atoms with Crippen molar-refractivity contribution in [3.8, 4) is 0 Å². The highest BCUT2D eigenvalue weighted by Crippen LogP contribution is 2.18. The van der Waals surface area contributed by atoms with Gasteiger partial charge >= 0.3 is 0 Å². The van der Waals surface area contributed by atoms with Gasteiger partial charge in [-0.25, -0.2) is 0 Å². The third kappa shape index (κ3) is 3.36.